The highest BCUT2D eigenvalue weighted by Gasteiger charge is 2.20. The van der Waals surface area contributed by atoms with Crippen molar-refractivity contribution in [1.29, 1.82) is 0 Å². The summed E-state index contributed by atoms with van der Waals surface area (Å²) in [7, 11) is 0. The summed E-state index contributed by atoms with van der Waals surface area (Å²) < 4.78 is 0. The molecule has 1 unspecified atom stereocenters. The molecule has 0 amide bonds. The molecular weight excluding hydrogens is 385 g/mol. The molecule has 132 valence electrons. The molecule has 1 aliphatic rings. The maximum atomic E-state index is 6.50. The third kappa shape index (κ3) is 3.83. The van der Waals surface area contributed by atoms with Crippen LogP contribution in [0.25, 0.3) is 10.9 Å². The van der Waals surface area contributed by atoms with Gasteiger partial charge in [0, 0.05) is 23.3 Å². The number of aliphatic imine (C=N–C) groups is 1. The Hall–Kier alpha value is -1.75. The SMILES string of the molecule is Clc1cccc(C(Cc2ccc3ccccc3n2)NC2=NCCS2)c1Cl. The minimum Gasteiger partial charge on any atom is -0.358 e. The van der Waals surface area contributed by atoms with E-state index in [2.05, 4.69) is 28.5 Å². The van der Waals surface area contributed by atoms with E-state index in [-0.39, 0.29) is 6.04 Å². The van der Waals surface area contributed by atoms with E-state index in [4.69, 9.17) is 28.2 Å². The van der Waals surface area contributed by atoms with Gasteiger partial charge in [0.2, 0.25) is 0 Å². The number of nitrogens with zero attached hydrogens (tertiary/aromatic N) is 2. The Balaban J connectivity index is 1.68. The van der Waals surface area contributed by atoms with Crippen molar-refractivity contribution in [3.63, 3.8) is 0 Å². The fraction of sp³-hybridized carbons (Fsp3) is 0.200. The van der Waals surface area contributed by atoms with E-state index in [0.29, 0.717) is 16.5 Å². The van der Waals surface area contributed by atoms with Crippen molar-refractivity contribution in [1.82, 2.24) is 10.3 Å². The Bertz CT molecular complexity index is 974. The van der Waals surface area contributed by atoms with Crippen LogP contribution in [0.3, 0.4) is 0 Å². The summed E-state index contributed by atoms with van der Waals surface area (Å²) >= 11 is 14.5. The molecule has 4 rings (SSSR count). The van der Waals surface area contributed by atoms with Crippen molar-refractivity contribution in [3.05, 3.63) is 75.9 Å². The molecule has 3 aromatic rings. The molecule has 1 aromatic heterocycles. The maximum absolute atomic E-state index is 6.50. The first-order valence-corrected chi connectivity index (χ1v) is 10.2. The van der Waals surface area contributed by atoms with E-state index in [1.165, 1.54) is 0 Å². The number of hydrogen-bond acceptors (Lipinski definition) is 4. The molecule has 0 radical (unpaired) electrons. The molecule has 26 heavy (non-hydrogen) atoms. The summed E-state index contributed by atoms with van der Waals surface area (Å²) in [5, 5.41) is 6.75. The fourth-order valence-corrected chi connectivity index (χ4v) is 4.25. The van der Waals surface area contributed by atoms with Gasteiger partial charge in [0.05, 0.1) is 28.1 Å². The number of para-hydroxylation sites is 1. The number of halogens is 2. The number of amidine groups is 1. The molecule has 6 heteroatoms. The third-order valence-corrected chi connectivity index (χ3v) is 6.05. The van der Waals surface area contributed by atoms with E-state index >= 15 is 0 Å². The Morgan fingerprint density at radius 2 is 1.92 bits per heavy atom. The van der Waals surface area contributed by atoms with Crippen molar-refractivity contribution < 1.29 is 0 Å². The third-order valence-electron chi connectivity index (χ3n) is 4.31. The van der Waals surface area contributed by atoms with Crippen LogP contribution < -0.4 is 5.32 Å². The van der Waals surface area contributed by atoms with Crippen LogP contribution in [0.15, 0.2) is 59.6 Å². The van der Waals surface area contributed by atoms with E-state index in [9.17, 15) is 0 Å². The average Bonchev–Trinajstić information content (AvgIpc) is 3.16. The van der Waals surface area contributed by atoms with E-state index in [1.54, 1.807) is 17.8 Å². The monoisotopic (exact) mass is 401 g/mol. The lowest BCUT2D eigenvalue weighted by Gasteiger charge is -2.21. The molecule has 1 aliphatic heterocycles. The van der Waals surface area contributed by atoms with Gasteiger partial charge in [0.15, 0.2) is 5.17 Å². The van der Waals surface area contributed by atoms with Crippen LogP contribution in [0, 0.1) is 0 Å². The lowest BCUT2D eigenvalue weighted by atomic mass is 10.0. The molecule has 0 saturated carbocycles. The highest BCUT2D eigenvalue weighted by Crippen LogP contribution is 2.32. The normalized spacial score (nSPS) is 15.1. The summed E-state index contributed by atoms with van der Waals surface area (Å²) in [6.07, 6.45) is 0.699. The quantitative estimate of drug-likeness (QED) is 0.625. The van der Waals surface area contributed by atoms with Gasteiger partial charge in [0.1, 0.15) is 0 Å². The molecule has 0 spiro atoms. The van der Waals surface area contributed by atoms with Crippen LogP contribution in [0.5, 0.6) is 0 Å². The van der Waals surface area contributed by atoms with Crippen molar-refractivity contribution in [2.75, 3.05) is 12.3 Å². The number of nitrogens with one attached hydrogen (secondary N) is 1. The number of rotatable bonds is 4. The summed E-state index contributed by atoms with van der Waals surface area (Å²) in [6.45, 7) is 0.844. The van der Waals surface area contributed by atoms with Gasteiger partial charge in [-0.15, -0.1) is 0 Å². The Kier molecular flexibility index (Phi) is 5.34. The van der Waals surface area contributed by atoms with Crippen LogP contribution in [-0.4, -0.2) is 22.4 Å². The van der Waals surface area contributed by atoms with Crippen molar-refractivity contribution in [2.24, 2.45) is 4.99 Å². The number of aromatic nitrogens is 1. The fourth-order valence-electron chi connectivity index (χ4n) is 3.03. The van der Waals surface area contributed by atoms with Gasteiger partial charge >= 0.3 is 0 Å². The summed E-state index contributed by atoms with van der Waals surface area (Å²) in [5.41, 5.74) is 2.96. The molecule has 0 fully saturated rings. The predicted molar refractivity (Wildman–Crippen MR) is 113 cm³/mol. The second-order valence-electron chi connectivity index (χ2n) is 6.07. The topological polar surface area (TPSA) is 37.3 Å². The Morgan fingerprint density at radius 1 is 1.04 bits per heavy atom. The van der Waals surface area contributed by atoms with Crippen LogP contribution in [0.1, 0.15) is 17.3 Å². The molecule has 0 saturated heterocycles. The summed E-state index contributed by atoms with van der Waals surface area (Å²) in [4.78, 5) is 9.32. The molecule has 1 atom stereocenters. The standard InChI is InChI=1S/C20H17Cl2N3S/c21-16-6-3-5-15(19(16)22)18(25-20-23-10-11-26-20)12-14-9-8-13-4-1-2-7-17(13)24-14/h1-9,18H,10-12H2,(H,23,25). The van der Waals surface area contributed by atoms with Gasteiger partial charge in [-0.3, -0.25) is 9.98 Å². The maximum Gasteiger partial charge on any atom is 0.157 e. The summed E-state index contributed by atoms with van der Waals surface area (Å²) in [5.74, 6) is 1.01. The van der Waals surface area contributed by atoms with Gasteiger partial charge in [0.25, 0.3) is 0 Å². The minimum absolute atomic E-state index is 0.0424. The van der Waals surface area contributed by atoms with Crippen LogP contribution >= 0.6 is 35.0 Å². The van der Waals surface area contributed by atoms with Gasteiger partial charge in [-0.05, 0) is 23.8 Å². The van der Waals surface area contributed by atoms with Crippen LogP contribution in [-0.2, 0) is 6.42 Å². The van der Waals surface area contributed by atoms with Crippen molar-refractivity contribution >= 4 is 51.0 Å². The van der Waals surface area contributed by atoms with Gasteiger partial charge in [-0.25, -0.2) is 0 Å². The molecular formula is C20H17Cl2N3S. The first kappa shape index (κ1) is 17.7. The zero-order valence-corrected chi connectivity index (χ0v) is 16.3. The van der Waals surface area contributed by atoms with Crippen molar-refractivity contribution in [3.8, 4) is 0 Å². The average molecular weight is 402 g/mol. The zero-order chi connectivity index (χ0) is 17.9. The van der Waals surface area contributed by atoms with E-state index in [1.807, 2.05) is 30.3 Å². The molecule has 3 nitrogen and oxygen atoms in total. The minimum atomic E-state index is -0.0424. The lowest BCUT2D eigenvalue weighted by molar-refractivity contribution is 0.639. The van der Waals surface area contributed by atoms with Crippen LogP contribution in [0.2, 0.25) is 10.0 Å². The molecule has 0 bridgehead atoms. The van der Waals surface area contributed by atoms with E-state index in [0.717, 1.165) is 39.6 Å². The zero-order valence-electron chi connectivity index (χ0n) is 14.0. The first-order chi connectivity index (χ1) is 12.7. The number of fused-ring (bicyclic) bond motifs is 1. The largest absolute Gasteiger partial charge is 0.358 e. The molecule has 2 heterocycles. The molecule has 1 N–H and O–H groups in total. The summed E-state index contributed by atoms with van der Waals surface area (Å²) in [6, 6.07) is 18.0. The number of benzene rings is 2. The number of thioether (sulfide) groups is 1. The van der Waals surface area contributed by atoms with E-state index < -0.39 is 0 Å². The van der Waals surface area contributed by atoms with Gasteiger partial charge < -0.3 is 5.32 Å². The Morgan fingerprint density at radius 3 is 2.77 bits per heavy atom. The van der Waals surface area contributed by atoms with Crippen LogP contribution in [0.4, 0.5) is 0 Å². The van der Waals surface area contributed by atoms with Gasteiger partial charge in [-0.2, -0.15) is 0 Å². The highest BCUT2D eigenvalue weighted by atomic mass is 35.5. The highest BCUT2D eigenvalue weighted by molar-refractivity contribution is 8.14. The second-order valence-corrected chi connectivity index (χ2v) is 7.94. The predicted octanol–water partition coefficient (Wildman–Crippen LogP) is 5.52. The second kappa shape index (κ2) is 7.87. The number of hydrogen-bond donors (Lipinski definition) is 1. The molecule has 0 aliphatic carbocycles. The lowest BCUT2D eigenvalue weighted by Crippen LogP contribution is -2.27. The smallest absolute Gasteiger partial charge is 0.157 e. The molecule has 2 aromatic carbocycles. The van der Waals surface area contributed by atoms with Crippen molar-refractivity contribution in [2.45, 2.75) is 12.5 Å². The number of pyridine rings is 1. The first-order valence-electron chi connectivity index (χ1n) is 8.43. The van der Waals surface area contributed by atoms with Gasteiger partial charge in [-0.1, -0.05) is 71.4 Å². The Labute approximate surface area is 166 Å².